The Labute approximate surface area is 230 Å². The molecule has 4 rings (SSSR count). The lowest BCUT2D eigenvalue weighted by Gasteiger charge is -2.30. The van der Waals surface area contributed by atoms with Crippen LogP contribution in [0.1, 0.15) is 29.9 Å². The summed E-state index contributed by atoms with van der Waals surface area (Å²) < 4.78 is 0. The Kier molecular flexibility index (Phi) is 10.3. The number of aromatic nitrogens is 1. The smallest absolute Gasteiger partial charge is 0.251 e. The van der Waals surface area contributed by atoms with E-state index in [1.165, 1.54) is 13.2 Å². The summed E-state index contributed by atoms with van der Waals surface area (Å²) in [4.78, 5) is 23.4. The number of rotatable bonds is 10. The first kappa shape index (κ1) is 29.1. The van der Waals surface area contributed by atoms with Crippen molar-refractivity contribution in [2.45, 2.75) is 19.9 Å². The lowest BCUT2D eigenvalue weighted by atomic mass is 10.1. The molecule has 0 bridgehead atoms. The van der Waals surface area contributed by atoms with Crippen LogP contribution in [0.2, 0.25) is 0 Å². The number of para-hydroxylation sites is 1. The number of fused-ring (bicyclic) bond motifs is 1. The minimum atomic E-state index is -0.280. The maximum absolute atomic E-state index is 13.3. The van der Waals surface area contributed by atoms with Crippen molar-refractivity contribution in [1.29, 1.82) is 0 Å². The number of carbonyl (C=O) groups excluding carboxylic acids is 1. The Morgan fingerprint density at radius 2 is 1.95 bits per heavy atom. The third-order valence-electron chi connectivity index (χ3n) is 6.52. The van der Waals surface area contributed by atoms with Crippen molar-refractivity contribution in [3.05, 3.63) is 96.1 Å². The zero-order chi connectivity index (χ0) is 28.4. The molecule has 0 spiro atoms. The number of hydrogen-bond donors (Lipinski definition) is 6. The summed E-state index contributed by atoms with van der Waals surface area (Å²) in [6, 6.07) is 17.6. The lowest BCUT2D eigenvalue weighted by Crippen LogP contribution is -2.47. The Balaban J connectivity index is 0.00000205. The second-order valence-corrected chi connectivity index (χ2v) is 8.94. The maximum atomic E-state index is 13.3. The number of carbonyl (C=O) groups is 1. The van der Waals surface area contributed by atoms with Crippen molar-refractivity contribution in [2.75, 3.05) is 38.6 Å². The minimum absolute atomic E-state index is 0.155. The van der Waals surface area contributed by atoms with Crippen molar-refractivity contribution in [1.82, 2.24) is 20.9 Å². The van der Waals surface area contributed by atoms with Gasteiger partial charge in [-0.2, -0.15) is 0 Å². The van der Waals surface area contributed by atoms with E-state index in [0.717, 1.165) is 51.6 Å². The molecule has 9 heteroatoms. The summed E-state index contributed by atoms with van der Waals surface area (Å²) in [6.07, 6.45) is 3.38. The highest BCUT2D eigenvalue weighted by Gasteiger charge is 2.20. The number of amides is 1. The third kappa shape index (κ3) is 7.08. The van der Waals surface area contributed by atoms with E-state index in [2.05, 4.69) is 62.2 Å². The molecule has 1 aliphatic heterocycles. The largest absolute Gasteiger partial charge is 0.405 e. The first-order chi connectivity index (χ1) is 18.9. The number of amidine groups is 1. The molecule has 3 aromatic rings. The van der Waals surface area contributed by atoms with E-state index in [-0.39, 0.29) is 11.9 Å². The van der Waals surface area contributed by atoms with Gasteiger partial charge < -0.3 is 37.3 Å². The molecule has 39 heavy (non-hydrogen) atoms. The van der Waals surface area contributed by atoms with Crippen LogP contribution in [0.4, 0.5) is 5.69 Å². The van der Waals surface area contributed by atoms with Crippen LogP contribution in [0.5, 0.6) is 0 Å². The Morgan fingerprint density at radius 1 is 1.21 bits per heavy atom. The zero-order valence-corrected chi connectivity index (χ0v) is 23.2. The van der Waals surface area contributed by atoms with Gasteiger partial charge >= 0.3 is 0 Å². The van der Waals surface area contributed by atoms with Crippen LogP contribution < -0.4 is 32.3 Å². The van der Waals surface area contributed by atoms with E-state index in [0.29, 0.717) is 18.7 Å². The van der Waals surface area contributed by atoms with E-state index in [1.54, 1.807) is 0 Å². The van der Waals surface area contributed by atoms with Crippen LogP contribution in [0, 0.1) is 0 Å². The number of nitrogens with one attached hydrogen (secondary N) is 4. The summed E-state index contributed by atoms with van der Waals surface area (Å²) in [5.41, 5.74) is 16.4. The highest BCUT2D eigenvalue weighted by Crippen LogP contribution is 2.26. The van der Waals surface area contributed by atoms with Crippen LogP contribution in [0.3, 0.4) is 0 Å². The first-order valence-electron chi connectivity index (χ1n) is 13.0. The molecular formula is C30H40N8O. The van der Waals surface area contributed by atoms with Crippen molar-refractivity contribution >= 4 is 33.9 Å². The van der Waals surface area contributed by atoms with Gasteiger partial charge in [0.05, 0.1) is 18.4 Å². The van der Waals surface area contributed by atoms with E-state index in [1.807, 2.05) is 62.5 Å². The predicted molar refractivity (Wildman–Crippen MR) is 164 cm³/mol. The molecule has 206 valence electrons. The van der Waals surface area contributed by atoms with Crippen molar-refractivity contribution in [3.8, 4) is 0 Å². The molecule has 0 aliphatic carbocycles. The van der Waals surface area contributed by atoms with Gasteiger partial charge in [0.25, 0.3) is 5.91 Å². The number of nitrogens with zero attached hydrogens (tertiary/aromatic N) is 2. The molecule has 0 saturated heterocycles. The van der Waals surface area contributed by atoms with Crippen LogP contribution in [0.15, 0.2) is 89.8 Å². The number of likely N-dealkylation sites (N-methyl/N-ethyl adjacent to an activating group) is 2. The van der Waals surface area contributed by atoms with Gasteiger partial charge in [0.1, 0.15) is 0 Å². The van der Waals surface area contributed by atoms with Gasteiger partial charge in [-0.25, -0.2) is 0 Å². The molecule has 1 aromatic heterocycles. The van der Waals surface area contributed by atoms with Crippen LogP contribution in [-0.2, 0) is 0 Å². The molecule has 1 aliphatic rings. The highest BCUT2D eigenvalue weighted by molar-refractivity contribution is 5.99. The van der Waals surface area contributed by atoms with E-state index in [9.17, 15) is 4.79 Å². The lowest BCUT2D eigenvalue weighted by molar-refractivity contribution is 0.0942. The molecule has 2 heterocycles. The summed E-state index contributed by atoms with van der Waals surface area (Å²) in [5, 5.41) is 10.5. The fourth-order valence-corrected chi connectivity index (χ4v) is 4.45. The van der Waals surface area contributed by atoms with Crippen molar-refractivity contribution in [3.63, 3.8) is 0 Å². The molecule has 0 fully saturated rings. The van der Waals surface area contributed by atoms with E-state index >= 15 is 0 Å². The number of hydrogen-bond acceptors (Lipinski definition) is 7. The van der Waals surface area contributed by atoms with E-state index in [4.69, 9.17) is 5.73 Å². The maximum Gasteiger partial charge on any atom is 0.251 e. The standard InChI is InChI=1S/C29H35N7O.CH5N/c1-5-36(23-9-7-6-8-10-23)18-28(19(2)31-4)35-29(37)21-11-12-25-22(15-21)16-26(34-25)24(13-14-30)27-17-32-20(3)33-27;1-2/h6-16,28,31,34H,2,5,17-18,30H2,1,3-4H3,(H,32,33)(H,35,37);2H2,1H3/b14-13-,27-24-;. The second-order valence-electron chi connectivity index (χ2n) is 8.94. The summed E-state index contributed by atoms with van der Waals surface area (Å²) >= 11 is 0. The van der Waals surface area contributed by atoms with Crippen LogP contribution in [0.25, 0.3) is 16.5 Å². The number of allylic oxidation sites excluding steroid dienone is 2. The average Bonchev–Trinajstić information content (AvgIpc) is 3.60. The summed E-state index contributed by atoms with van der Waals surface area (Å²) in [5.74, 6) is 0.719. The number of H-pyrrole nitrogens is 1. The molecule has 8 N–H and O–H groups in total. The molecule has 0 radical (unpaired) electrons. The minimum Gasteiger partial charge on any atom is -0.405 e. The first-order valence-corrected chi connectivity index (χ1v) is 13.0. The molecule has 2 aromatic carbocycles. The van der Waals surface area contributed by atoms with Gasteiger partial charge in [-0.15, -0.1) is 0 Å². The Bertz CT molecular complexity index is 1370. The predicted octanol–water partition coefficient (Wildman–Crippen LogP) is 3.31. The SMILES string of the molecule is C=C(NC)C(CN(CC)c1ccccc1)NC(=O)c1ccc2[nH]c(C(/C=C\N)=C3/CN=C(C)N3)cc2c1.CN. The zero-order valence-electron chi connectivity index (χ0n) is 23.2. The average molecular weight is 529 g/mol. The number of aliphatic imine (C=N–C) groups is 1. The highest BCUT2D eigenvalue weighted by atomic mass is 16.1. The van der Waals surface area contributed by atoms with Gasteiger partial charge in [-0.1, -0.05) is 24.8 Å². The van der Waals surface area contributed by atoms with Crippen molar-refractivity contribution < 1.29 is 4.79 Å². The van der Waals surface area contributed by atoms with Crippen molar-refractivity contribution in [2.24, 2.45) is 16.5 Å². The van der Waals surface area contributed by atoms with E-state index < -0.39 is 0 Å². The molecular weight excluding hydrogens is 488 g/mol. The fourth-order valence-electron chi connectivity index (χ4n) is 4.45. The Morgan fingerprint density at radius 3 is 2.56 bits per heavy atom. The summed E-state index contributed by atoms with van der Waals surface area (Å²) in [7, 11) is 3.32. The van der Waals surface area contributed by atoms with Gasteiger partial charge in [0.15, 0.2) is 0 Å². The number of benzene rings is 2. The van der Waals surface area contributed by atoms with Crippen LogP contribution >= 0.6 is 0 Å². The molecule has 1 unspecified atom stereocenters. The quantitative estimate of drug-likeness (QED) is 0.239. The number of nitrogens with two attached hydrogens (primary N) is 2. The number of anilines is 1. The third-order valence-corrected chi connectivity index (χ3v) is 6.52. The molecule has 1 atom stereocenters. The Hall–Kier alpha value is -4.50. The van der Waals surface area contributed by atoms with Crippen LogP contribution in [-0.4, -0.2) is 56.5 Å². The monoisotopic (exact) mass is 528 g/mol. The fraction of sp³-hybridized carbons (Fsp3) is 0.267. The normalized spacial score (nSPS) is 14.6. The van der Waals surface area contributed by atoms with Gasteiger partial charge in [0.2, 0.25) is 0 Å². The molecule has 0 saturated carbocycles. The summed E-state index contributed by atoms with van der Waals surface area (Å²) in [6.45, 7) is 10.1. The molecule has 1 amide bonds. The number of aromatic amines is 1. The van der Waals surface area contributed by atoms with Gasteiger partial charge in [-0.05, 0) is 69.6 Å². The topological polar surface area (TPSA) is 137 Å². The van der Waals surface area contributed by atoms with Gasteiger partial charge in [0, 0.05) is 65.0 Å². The second kappa shape index (κ2) is 13.9. The molecule has 9 nitrogen and oxygen atoms in total. The van der Waals surface area contributed by atoms with Gasteiger partial charge in [-0.3, -0.25) is 9.79 Å².